The Bertz CT molecular complexity index is 396. The molecule has 0 atom stereocenters. The fraction of sp³-hybridized carbons (Fsp3) is 0.200. The van der Waals surface area contributed by atoms with Gasteiger partial charge < -0.3 is 0 Å². The van der Waals surface area contributed by atoms with E-state index in [0.717, 1.165) is 12.0 Å². The molecule has 4 nitrogen and oxygen atoms in total. The van der Waals surface area contributed by atoms with Gasteiger partial charge in [0, 0.05) is 5.56 Å². The van der Waals surface area contributed by atoms with Crippen molar-refractivity contribution >= 4 is 0 Å². The normalized spacial score (nSPS) is 10.1. The molecule has 4 heteroatoms. The summed E-state index contributed by atoms with van der Waals surface area (Å²) in [6.45, 7) is 2.12. The predicted molar refractivity (Wildman–Crippen MR) is 52.4 cm³/mol. The molecule has 0 saturated heterocycles. The summed E-state index contributed by atoms with van der Waals surface area (Å²) in [5.41, 5.74) is 2.24. The zero-order valence-electron chi connectivity index (χ0n) is 7.88. The Morgan fingerprint density at radius 3 is 2.21 bits per heavy atom. The maximum absolute atomic E-state index is 3.88. The second-order valence-corrected chi connectivity index (χ2v) is 2.92. The molecule has 2 rings (SSSR count). The maximum Gasteiger partial charge on any atom is 0.203 e. The van der Waals surface area contributed by atoms with Crippen LogP contribution in [0.1, 0.15) is 12.5 Å². The zero-order valence-corrected chi connectivity index (χ0v) is 7.88. The highest BCUT2D eigenvalue weighted by atomic mass is 15.3. The maximum atomic E-state index is 3.88. The van der Waals surface area contributed by atoms with E-state index in [4.69, 9.17) is 0 Å². The average molecular weight is 186 g/mol. The lowest BCUT2D eigenvalue weighted by molar-refractivity contribution is 0.864. The molecule has 0 aliphatic heterocycles. The van der Waals surface area contributed by atoms with Crippen LogP contribution in [-0.4, -0.2) is 20.4 Å². The summed E-state index contributed by atoms with van der Waals surface area (Å²) in [6, 6.07) is 8.09. The van der Waals surface area contributed by atoms with E-state index in [2.05, 4.69) is 39.5 Å². The summed E-state index contributed by atoms with van der Waals surface area (Å²) in [5.74, 6) is 0.565. The first-order chi connectivity index (χ1) is 6.90. The van der Waals surface area contributed by atoms with Gasteiger partial charge in [-0.05, 0) is 12.0 Å². The van der Waals surface area contributed by atoms with Crippen molar-refractivity contribution in [2.75, 3.05) is 0 Å². The lowest BCUT2D eigenvalue weighted by Crippen LogP contribution is -1.93. The molecule has 0 unspecified atom stereocenters. The van der Waals surface area contributed by atoms with Gasteiger partial charge in [0.05, 0.1) is 0 Å². The lowest BCUT2D eigenvalue weighted by atomic mass is 10.1. The van der Waals surface area contributed by atoms with Gasteiger partial charge in [-0.1, -0.05) is 31.2 Å². The number of benzene rings is 1. The summed E-state index contributed by atoms with van der Waals surface area (Å²) in [5, 5.41) is 15.1. The van der Waals surface area contributed by atoms with Crippen molar-refractivity contribution in [2.45, 2.75) is 13.3 Å². The Balaban J connectivity index is 2.34. The molecule has 0 fully saturated rings. The van der Waals surface area contributed by atoms with Crippen LogP contribution in [0, 0.1) is 0 Å². The highest BCUT2D eigenvalue weighted by Crippen LogP contribution is 2.13. The second kappa shape index (κ2) is 3.91. The van der Waals surface area contributed by atoms with Crippen LogP contribution < -0.4 is 0 Å². The molecule has 1 aromatic carbocycles. The molecular formula is C10H10N4. The van der Waals surface area contributed by atoms with Crippen LogP contribution in [0.3, 0.4) is 0 Å². The summed E-state index contributed by atoms with van der Waals surface area (Å²) in [6.07, 6.45) is 2.36. The van der Waals surface area contributed by atoms with Crippen LogP contribution in [0.4, 0.5) is 0 Å². The van der Waals surface area contributed by atoms with Crippen LogP contribution in [0.25, 0.3) is 11.4 Å². The molecule has 0 spiro atoms. The van der Waals surface area contributed by atoms with Crippen molar-refractivity contribution in [3.05, 3.63) is 36.2 Å². The van der Waals surface area contributed by atoms with Gasteiger partial charge in [-0.2, -0.15) is 0 Å². The van der Waals surface area contributed by atoms with Gasteiger partial charge >= 0.3 is 0 Å². The largest absolute Gasteiger partial charge is 0.203 e. The van der Waals surface area contributed by atoms with Crippen LogP contribution in [0.15, 0.2) is 30.6 Å². The third-order valence-corrected chi connectivity index (χ3v) is 2.03. The van der Waals surface area contributed by atoms with Gasteiger partial charge in [0.1, 0.15) is 0 Å². The molecule has 0 saturated carbocycles. The summed E-state index contributed by atoms with van der Waals surface area (Å²) < 4.78 is 0. The van der Waals surface area contributed by atoms with E-state index in [1.165, 1.54) is 11.9 Å². The highest BCUT2D eigenvalue weighted by molar-refractivity contribution is 5.53. The van der Waals surface area contributed by atoms with E-state index in [9.17, 15) is 0 Å². The van der Waals surface area contributed by atoms with E-state index in [0.29, 0.717) is 5.82 Å². The SMILES string of the molecule is CCc1ccc(-c2nncnn2)cc1. The Morgan fingerprint density at radius 1 is 1.00 bits per heavy atom. The Morgan fingerprint density at radius 2 is 1.64 bits per heavy atom. The molecule has 0 bridgehead atoms. The van der Waals surface area contributed by atoms with Gasteiger partial charge in [0.25, 0.3) is 0 Å². The molecule has 0 radical (unpaired) electrons. The minimum Gasteiger partial charge on any atom is -0.135 e. The first-order valence-electron chi connectivity index (χ1n) is 4.50. The Hall–Kier alpha value is -1.84. The summed E-state index contributed by atoms with van der Waals surface area (Å²) in [7, 11) is 0. The lowest BCUT2D eigenvalue weighted by Gasteiger charge is -1.98. The Kier molecular flexibility index (Phi) is 2.44. The van der Waals surface area contributed by atoms with Crippen molar-refractivity contribution in [1.82, 2.24) is 20.4 Å². The topological polar surface area (TPSA) is 51.6 Å². The molecule has 1 aromatic heterocycles. The molecule has 0 amide bonds. The van der Waals surface area contributed by atoms with Gasteiger partial charge in [-0.15, -0.1) is 20.4 Å². The minimum atomic E-state index is 0.565. The van der Waals surface area contributed by atoms with Crippen LogP contribution >= 0.6 is 0 Å². The van der Waals surface area contributed by atoms with E-state index >= 15 is 0 Å². The van der Waals surface area contributed by atoms with Crippen LogP contribution in [0.2, 0.25) is 0 Å². The summed E-state index contributed by atoms with van der Waals surface area (Å²) in [4.78, 5) is 0. The van der Waals surface area contributed by atoms with Crippen molar-refractivity contribution in [3.8, 4) is 11.4 Å². The number of hydrogen-bond acceptors (Lipinski definition) is 4. The standard InChI is InChI=1S/C10H10N4/c1-2-8-3-5-9(6-4-8)10-13-11-7-12-14-10/h3-7H,2H2,1H3. The van der Waals surface area contributed by atoms with Crippen molar-refractivity contribution < 1.29 is 0 Å². The highest BCUT2D eigenvalue weighted by Gasteiger charge is 2.00. The third-order valence-electron chi connectivity index (χ3n) is 2.03. The van der Waals surface area contributed by atoms with Crippen LogP contribution in [-0.2, 0) is 6.42 Å². The summed E-state index contributed by atoms with van der Waals surface area (Å²) >= 11 is 0. The number of aromatic nitrogens is 4. The van der Waals surface area contributed by atoms with Gasteiger partial charge in [0.2, 0.25) is 5.82 Å². The molecule has 0 aliphatic carbocycles. The fourth-order valence-electron chi connectivity index (χ4n) is 1.21. The third kappa shape index (κ3) is 1.74. The molecular weight excluding hydrogens is 176 g/mol. The van der Waals surface area contributed by atoms with Crippen molar-refractivity contribution in [3.63, 3.8) is 0 Å². The van der Waals surface area contributed by atoms with Gasteiger partial charge in [-0.3, -0.25) is 0 Å². The minimum absolute atomic E-state index is 0.565. The second-order valence-electron chi connectivity index (χ2n) is 2.92. The van der Waals surface area contributed by atoms with Crippen LogP contribution in [0.5, 0.6) is 0 Å². The van der Waals surface area contributed by atoms with E-state index in [1.54, 1.807) is 0 Å². The smallest absolute Gasteiger partial charge is 0.135 e. The fourth-order valence-corrected chi connectivity index (χ4v) is 1.21. The number of rotatable bonds is 2. The average Bonchev–Trinajstić information content (AvgIpc) is 2.30. The first kappa shape index (κ1) is 8.74. The van der Waals surface area contributed by atoms with Gasteiger partial charge in [0.15, 0.2) is 6.33 Å². The number of aryl methyl sites for hydroxylation is 1. The number of hydrogen-bond donors (Lipinski definition) is 0. The van der Waals surface area contributed by atoms with E-state index in [-0.39, 0.29) is 0 Å². The monoisotopic (exact) mass is 186 g/mol. The molecule has 2 aromatic rings. The van der Waals surface area contributed by atoms with Crippen molar-refractivity contribution in [2.24, 2.45) is 0 Å². The predicted octanol–water partition coefficient (Wildman–Crippen LogP) is 1.50. The van der Waals surface area contributed by atoms with Crippen molar-refractivity contribution in [1.29, 1.82) is 0 Å². The zero-order chi connectivity index (χ0) is 9.80. The Labute approximate surface area is 82.0 Å². The van der Waals surface area contributed by atoms with E-state index in [1.807, 2.05) is 12.1 Å². The first-order valence-corrected chi connectivity index (χ1v) is 4.50. The molecule has 0 N–H and O–H groups in total. The van der Waals surface area contributed by atoms with E-state index < -0.39 is 0 Å². The van der Waals surface area contributed by atoms with Gasteiger partial charge in [-0.25, -0.2) is 0 Å². The molecule has 1 heterocycles. The number of nitrogens with zero attached hydrogens (tertiary/aromatic N) is 4. The molecule has 70 valence electrons. The molecule has 0 aliphatic rings. The molecule has 14 heavy (non-hydrogen) atoms. The quantitative estimate of drug-likeness (QED) is 0.713.